The van der Waals surface area contributed by atoms with E-state index in [2.05, 4.69) is 21.2 Å². The van der Waals surface area contributed by atoms with Crippen molar-refractivity contribution in [3.63, 3.8) is 0 Å². The van der Waals surface area contributed by atoms with Crippen LogP contribution in [-0.4, -0.2) is 20.1 Å². The number of hydrogen-bond donors (Lipinski definition) is 1. The van der Waals surface area contributed by atoms with Crippen molar-refractivity contribution in [2.45, 2.75) is 18.2 Å². The lowest BCUT2D eigenvalue weighted by Gasteiger charge is -2.08. The van der Waals surface area contributed by atoms with Gasteiger partial charge in [-0.05, 0) is 42.8 Å². The summed E-state index contributed by atoms with van der Waals surface area (Å²) >= 11 is 3.36. The number of sulfone groups is 1. The van der Waals surface area contributed by atoms with Crippen molar-refractivity contribution >= 4 is 37.4 Å². The number of benzene rings is 2. The monoisotopic (exact) mass is 399 g/mol. The summed E-state index contributed by atoms with van der Waals surface area (Å²) in [5, 5.41) is 2.63. The number of carbonyl (C=O) groups excluding carboxylic acids is 1. The molecule has 4 nitrogen and oxygen atoms in total. The van der Waals surface area contributed by atoms with Gasteiger partial charge in [0.25, 0.3) is 0 Å². The topological polar surface area (TPSA) is 63.2 Å². The summed E-state index contributed by atoms with van der Waals surface area (Å²) in [4.78, 5) is 11.5. The number of hydrogen-bond acceptors (Lipinski definition) is 3. The van der Waals surface area contributed by atoms with Gasteiger partial charge in [-0.15, -0.1) is 0 Å². The molecule has 2 aromatic carbocycles. The average molecular weight is 400 g/mol. The maximum Gasteiger partial charge on any atom is 0.225 e. The van der Waals surface area contributed by atoms with E-state index in [4.69, 9.17) is 0 Å². The lowest BCUT2D eigenvalue weighted by Crippen LogP contribution is -2.18. The molecule has 0 aliphatic carbocycles. The number of aryl methyl sites for hydroxylation is 1. The second-order valence-electron chi connectivity index (χ2n) is 5.01. The van der Waals surface area contributed by atoms with Crippen LogP contribution in [0.2, 0.25) is 0 Å². The summed E-state index contributed by atoms with van der Waals surface area (Å²) in [6.45, 7) is 1.88. The molecule has 7 heteroatoms. The molecule has 2 rings (SSSR count). The number of nitrogens with one attached hydrogen (secondary N) is 1. The fourth-order valence-corrected chi connectivity index (χ4v) is 3.55. The van der Waals surface area contributed by atoms with Gasteiger partial charge in [0.1, 0.15) is 10.7 Å². The molecule has 0 bridgehead atoms. The molecule has 0 fully saturated rings. The highest BCUT2D eigenvalue weighted by Crippen LogP contribution is 2.20. The van der Waals surface area contributed by atoms with Crippen LogP contribution in [0.4, 0.5) is 10.1 Å². The van der Waals surface area contributed by atoms with Crippen molar-refractivity contribution < 1.29 is 17.6 Å². The highest BCUT2D eigenvalue weighted by molar-refractivity contribution is 9.10. The third kappa shape index (κ3) is 4.62. The minimum atomic E-state index is -3.84. The van der Waals surface area contributed by atoms with Crippen LogP contribution >= 0.6 is 15.9 Å². The molecule has 1 amide bonds. The van der Waals surface area contributed by atoms with Crippen LogP contribution in [0.1, 0.15) is 12.0 Å². The molecule has 0 spiro atoms. The fourth-order valence-electron chi connectivity index (χ4n) is 1.98. The van der Waals surface area contributed by atoms with Crippen LogP contribution in [0.3, 0.4) is 0 Å². The van der Waals surface area contributed by atoms with Crippen LogP contribution in [0.25, 0.3) is 0 Å². The van der Waals surface area contributed by atoms with Gasteiger partial charge < -0.3 is 5.32 Å². The smallest absolute Gasteiger partial charge is 0.225 e. The van der Waals surface area contributed by atoms with Gasteiger partial charge >= 0.3 is 0 Å². The standard InChI is InChI=1S/C16H15BrFNO3S/c1-11-10-12(6-7-13(11)17)19-16(20)8-9-23(21,22)15-5-3-2-4-14(15)18/h2-7,10H,8-9H2,1H3,(H,19,20). The molecule has 0 heterocycles. The maximum atomic E-state index is 13.6. The van der Waals surface area contributed by atoms with Gasteiger partial charge in [0.15, 0.2) is 9.84 Å². The van der Waals surface area contributed by atoms with Gasteiger partial charge in [0.2, 0.25) is 5.91 Å². The van der Waals surface area contributed by atoms with Crippen LogP contribution in [0.15, 0.2) is 51.8 Å². The Bertz CT molecular complexity index is 837. The second kappa shape index (κ2) is 7.23. The zero-order chi connectivity index (χ0) is 17.0. The molecule has 0 saturated carbocycles. The van der Waals surface area contributed by atoms with Gasteiger partial charge in [0, 0.05) is 16.6 Å². The summed E-state index contributed by atoms with van der Waals surface area (Å²) in [5.41, 5.74) is 1.53. The van der Waals surface area contributed by atoms with E-state index in [-0.39, 0.29) is 11.3 Å². The Morgan fingerprint density at radius 2 is 1.91 bits per heavy atom. The molecular weight excluding hydrogens is 385 g/mol. The van der Waals surface area contributed by atoms with E-state index >= 15 is 0 Å². The van der Waals surface area contributed by atoms with E-state index in [9.17, 15) is 17.6 Å². The first-order valence-corrected chi connectivity index (χ1v) is 9.27. The SMILES string of the molecule is Cc1cc(NC(=O)CCS(=O)(=O)c2ccccc2F)ccc1Br. The zero-order valence-electron chi connectivity index (χ0n) is 12.3. The number of amides is 1. The van der Waals surface area contributed by atoms with Crippen molar-refractivity contribution in [1.82, 2.24) is 0 Å². The molecule has 0 aliphatic heterocycles. The van der Waals surface area contributed by atoms with Gasteiger partial charge in [0.05, 0.1) is 5.75 Å². The summed E-state index contributed by atoms with van der Waals surface area (Å²) < 4.78 is 38.6. The van der Waals surface area contributed by atoms with Gasteiger partial charge in [-0.1, -0.05) is 28.1 Å². The first kappa shape index (κ1) is 17.6. The summed E-state index contributed by atoms with van der Waals surface area (Å²) in [7, 11) is -3.84. The van der Waals surface area contributed by atoms with E-state index in [0.717, 1.165) is 16.1 Å². The van der Waals surface area contributed by atoms with E-state index in [1.807, 2.05) is 6.92 Å². The number of halogens is 2. The molecule has 0 unspecified atom stereocenters. The van der Waals surface area contributed by atoms with E-state index in [1.165, 1.54) is 18.2 Å². The van der Waals surface area contributed by atoms with Crippen molar-refractivity contribution in [1.29, 1.82) is 0 Å². The Balaban J connectivity index is 2.01. The Labute approximate surface area is 142 Å². The van der Waals surface area contributed by atoms with Crippen LogP contribution in [-0.2, 0) is 14.6 Å². The molecule has 0 aliphatic rings. The molecule has 1 N–H and O–H groups in total. The highest BCUT2D eigenvalue weighted by atomic mass is 79.9. The summed E-state index contributed by atoms with van der Waals surface area (Å²) in [6, 6.07) is 10.4. The van der Waals surface area contributed by atoms with E-state index in [0.29, 0.717) is 5.69 Å². The van der Waals surface area contributed by atoms with Gasteiger partial charge in [-0.2, -0.15) is 0 Å². The van der Waals surface area contributed by atoms with Gasteiger partial charge in [-0.25, -0.2) is 12.8 Å². The van der Waals surface area contributed by atoms with Gasteiger partial charge in [-0.3, -0.25) is 4.79 Å². The molecule has 23 heavy (non-hydrogen) atoms. The predicted molar refractivity (Wildman–Crippen MR) is 90.6 cm³/mol. The minimum Gasteiger partial charge on any atom is -0.326 e. The Kier molecular flexibility index (Phi) is 5.54. The second-order valence-corrected chi connectivity index (χ2v) is 7.94. The average Bonchev–Trinajstić information content (AvgIpc) is 2.49. The van der Waals surface area contributed by atoms with Crippen LogP contribution in [0.5, 0.6) is 0 Å². The minimum absolute atomic E-state index is 0.244. The number of anilines is 1. The van der Waals surface area contributed by atoms with Crippen LogP contribution < -0.4 is 5.32 Å². The Hall–Kier alpha value is -1.73. The third-order valence-corrected chi connectivity index (χ3v) is 5.84. The lowest BCUT2D eigenvalue weighted by molar-refractivity contribution is -0.115. The molecule has 0 saturated heterocycles. The van der Waals surface area contributed by atoms with E-state index in [1.54, 1.807) is 18.2 Å². The summed E-state index contributed by atoms with van der Waals surface area (Å²) in [5.74, 6) is -1.70. The lowest BCUT2D eigenvalue weighted by atomic mass is 10.2. The van der Waals surface area contributed by atoms with Crippen molar-refractivity contribution in [2.75, 3.05) is 11.1 Å². The number of carbonyl (C=O) groups is 1. The van der Waals surface area contributed by atoms with Crippen molar-refractivity contribution in [2.24, 2.45) is 0 Å². The first-order chi connectivity index (χ1) is 10.8. The van der Waals surface area contributed by atoms with Crippen molar-refractivity contribution in [3.8, 4) is 0 Å². The molecule has 0 aromatic heterocycles. The van der Waals surface area contributed by atoms with Crippen LogP contribution in [0, 0.1) is 12.7 Å². The third-order valence-electron chi connectivity index (χ3n) is 3.21. The maximum absolute atomic E-state index is 13.6. The molecule has 2 aromatic rings. The largest absolute Gasteiger partial charge is 0.326 e. The Morgan fingerprint density at radius 1 is 1.22 bits per heavy atom. The summed E-state index contributed by atoms with van der Waals surface area (Å²) in [6.07, 6.45) is -0.244. The van der Waals surface area contributed by atoms with E-state index < -0.39 is 27.3 Å². The molecule has 0 radical (unpaired) electrons. The quantitative estimate of drug-likeness (QED) is 0.833. The molecular formula is C16H15BrFNO3S. The highest BCUT2D eigenvalue weighted by Gasteiger charge is 2.20. The Morgan fingerprint density at radius 3 is 2.57 bits per heavy atom. The molecule has 122 valence electrons. The van der Waals surface area contributed by atoms with Crippen molar-refractivity contribution in [3.05, 3.63) is 58.3 Å². The fraction of sp³-hybridized carbons (Fsp3) is 0.188. The first-order valence-electron chi connectivity index (χ1n) is 6.83. The molecule has 0 atom stereocenters. The normalized spacial score (nSPS) is 11.3. The number of rotatable bonds is 5. The predicted octanol–water partition coefficient (Wildman–Crippen LogP) is 3.70. The zero-order valence-corrected chi connectivity index (χ0v) is 14.7.